The molecule has 3 heterocycles. The molecule has 26 heavy (non-hydrogen) atoms. The monoisotopic (exact) mass is 356 g/mol. The minimum Gasteiger partial charge on any atom is -0.383 e. The highest BCUT2D eigenvalue weighted by Gasteiger charge is 2.12. The molecule has 3 rings (SSSR count). The van der Waals surface area contributed by atoms with Crippen molar-refractivity contribution in [3.8, 4) is 17.3 Å². The smallest absolute Gasteiger partial charge is 0.271 e. The minimum absolute atomic E-state index is 0.266. The average Bonchev–Trinajstić information content (AvgIpc) is 3.32. The number of ether oxygens (including phenoxy) is 1. The molecular formula is C17H20N6O3. The molecule has 9 heteroatoms. The van der Waals surface area contributed by atoms with E-state index in [1.54, 1.807) is 36.2 Å². The van der Waals surface area contributed by atoms with Crippen LogP contribution >= 0.6 is 0 Å². The number of imidazole rings is 1. The Morgan fingerprint density at radius 1 is 1.38 bits per heavy atom. The fourth-order valence-electron chi connectivity index (χ4n) is 2.31. The molecule has 0 aliphatic carbocycles. The fourth-order valence-corrected chi connectivity index (χ4v) is 2.31. The highest BCUT2D eigenvalue weighted by atomic mass is 16.5. The Kier molecular flexibility index (Phi) is 5.69. The Bertz CT molecular complexity index is 873. The quantitative estimate of drug-likeness (QED) is 0.611. The van der Waals surface area contributed by atoms with Gasteiger partial charge in [-0.2, -0.15) is 4.98 Å². The number of aromatic nitrogens is 5. The molecule has 3 aromatic rings. The third kappa shape index (κ3) is 4.12. The van der Waals surface area contributed by atoms with Gasteiger partial charge in [0.05, 0.1) is 6.61 Å². The summed E-state index contributed by atoms with van der Waals surface area (Å²) in [4.78, 5) is 24.8. The molecule has 0 radical (unpaired) electrons. The third-order valence-corrected chi connectivity index (χ3v) is 3.61. The number of hydrogen-bond donors (Lipinski definition) is 1. The second-order valence-electron chi connectivity index (χ2n) is 5.58. The summed E-state index contributed by atoms with van der Waals surface area (Å²) in [6, 6.07) is 3.60. The Morgan fingerprint density at radius 2 is 2.27 bits per heavy atom. The van der Waals surface area contributed by atoms with Gasteiger partial charge < -0.3 is 14.6 Å². The van der Waals surface area contributed by atoms with Crippen molar-refractivity contribution in [2.75, 3.05) is 20.3 Å². The molecule has 0 saturated heterocycles. The third-order valence-electron chi connectivity index (χ3n) is 3.61. The Balaban J connectivity index is 1.76. The normalized spacial score (nSPS) is 10.8. The van der Waals surface area contributed by atoms with E-state index in [0.717, 1.165) is 18.4 Å². The lowest BCUT2D eigenvalue weighted by molar-refractivity contribution is 0.0932. The maximum atomic E-state index is 12.0. The number of hydrogen-bond acceptors (Lipinski definition) is 7. The van der Waals surface area contributed by atoms with Crippen LogP contribution in [0.5, 0.6) is 0 Å². The van der Waals surface area contributed by atoms with Crippen molar-refractivity contribution in [2.45, 2.75) is 19.8 Å². The van der Waals surface area contributed by atoms with Gasteiger partial charge in [-0.05, 0) is 18.6 Å². The summed E-state index contributed by atoms with van der Waals surface area (Å²) >= 11 is 0. The van der Waals surface area contributed by atoms with E-state index in [0.29, 0.717) is 36.4 Å². The first-order valence-corrected chi connectivity index (χ1v) is 8.31. The van der Waals surface area contributed by atoms with E-state index in [-0.39, 0.29) is 5.91 Å². The first-order valence-electron chi connectivity index (χ1n) is 8.31. The van der Waals surface area contributed by atoms with Crippen molar-refractivity contribution >= 4 is 5.91 Å². The van der Waals surface area contributed by atoms with Crippen molar-refractivity contribution < 1.29 is 14.1 Å². The molecule has 0 unspecified atom stereocenters. The minimum atomic E-state index is -0.266. The zero-order chi connectivity index (χ0) is 18.4. The zero-order valence-corrected chi connectivity index (χ0v) is 14.7. The van der Waals surface area contributed by atoms with E-state index in [2.05, 4.69) is 32.3 Å². The molecule has 1 amide bonds. The van der Waals surface area contributed by atoms with Crippen LogP contribution in [0.2, 0.25) is 0 Å². The van der Waals surface area contributed by atoms with E-state index < -0.39 is 0 Å². The number of carbonyl (C=O) groups is 1. The number of carbonyl (C=O) groups excluding carboxylic acids is 1. The molecule has 0 spiro atoms. The number of rotatable bonds is 8. The Morgan fingerprint density at radius 3 is 3.08 bits per heavy atom. The van der Waals surface area contributed by atoms with Crippen LogP contribution in [0.15, 0.2) is 35.4 Å². The molecule has 1 N–H and O–H groups in total. The van der Waals surface area contributed by atoms with Gasteiger partial charge in [0.1, 0.15) is 17.8 Å². The summed E-state index contributed by atoms with van der Waals surface area (Å²) in [6.45, 7) is 2.93. The largest absolute Gasteiger partial charge is 0.383 e. The van der Waals surface area contributed by atoms with Gasteiger partial charge in [-0.3, -0.25) is 9.36 Å². The summed E-state index contributed by atoms with van der Waals surface area (Å²) in [5.41, 5.74) is 1.06. The van der Waals surface area contributed by atoms with Gasteiger partial charge in [0.2, 0.25) is 0 Å². The Hall–Kier alpha value is -3.07. The van der Waals surface area contributed by atoms with E-state index in [1.807, 2.05) is 0 Å². The molecule has 0 saturated carbocycles. The lowest BCUT2D eigenvalue weighted by Crippen LogP contribution is -2.27. The van der Waals surface area contributed by atoms with Gasteiger partial charge >= 0.3 is 0 Å². The van der Waals surface area contributed by atoms with Crippen molar-refractivity contribution in [3.63, 3.8) is 0 Å². The van der Waals surface area contributed by atoms with Gasteiger partial charge in [0, 0.05) is 38.0 Å². The second kappa shape index (κ2) is 8.34. The van der Waals surface area contributed by atoms with Crippen LogP contribution in [-0.2, 0) is 11.2 Å². The van der Waals surface area contributed by atoms with Crippen molar-refractivity contribution in [2.24, 2.45) is 0 Å². The predicted octanol–water partition coefficient (Wildman–Crippen LogP) is 1.65. The molecule has 0 atom stereocenters. The van der Waals surface area contributed by atoms with E-state index in [4.69, 9.17) is 9.26 Å². The van der Waals surface area contributed by atoms with E-state index in [1.165, 1.54) is 6.33 Å². The van der Waals surface area contributed by atoms with Crippen molar-refractivity contribution in [3.05, 3.63) is 42.4 Å². The maximum absolute atomic E-state index is 12.0. The van der Waals surface area contributed by atoms with Gasteiger partial charge in [0.15, 0.2) is 5.82 Å². The van der Waals surface area contributed by atoms with Crippen LogP contribution in [0.1, 0.15) is 29.7 Å². The molecule has 0 aliphatic rings. The second-order valence-corrected chi connectivity index (χ2v) is 5.58. The number of aryl methyl sites for hydroxylation is 1. The standard InChI is InChI=1S/C17H20N6O3/c1-3-4-14-21-17(26-22-14)12-5-6-18-15(9-12)23-10-13(20-11-23)16(24)19-7-8-25-2/h5-6,9-11H,3-4,7-8H2,1-2H3,(H,19,24). The lowest BCUT2D eigenvalue weighted by atomic mass is 10.2. The lowest BCUT2D eigenvalue weighted by Gasteiger charge is -2.02. The van der Waals surface area contributed by atoms with Crippen LogP contribution < -0.4 is 5.32 Å². The number of nitrogens with zero attached hydrogens (tertiary/aromatic N) is 5. The van der Waals surface area contributed by atoms with Gasteiger partial charge in [-0.25, -0.2) is 9.97 Å². The topological polar surface area (TPSA) is 108 Å². The predicted molar refractivity (Wildman–Crippen MR) is 92.9 cm³/mol. The van der Waals surface area contributed by atoms with E-state index >= 15 is 0 Å². The van der Waals surface area contributed by atoms with Gasteiger partial charge in [-0.1, -0.05) is 12.1 Å². The van der Waals surface area contributed by atoms with Gasteiger partial charge in [-0.15, -0.1) is 0 Å². The number of amides is 1. The number of methoxy groups -OCH3 is 1. The number of nitrogens with one attached hydrogen (secondary N) is 1. The first kappa shape index (κ1) is 17.7. The summed E-state index contributed by atoms with van der Waals surface area (Å²) in [5.74, 6) is 1.45. The van der Waals surface area contributed by atoms with Crippen LogP contribution in [-0.4, -0.2) is 50.8 Å². The molecule has 9 nitrogen and oxygen atoms in total. The molecule has 136 valence electrons. The van der Waals surface area contributed by atoms with Crippen LogP contribution in [0, 0.1) is 0 Å². The highest BCUT2D eigenvalue weighted by Crippen LogP contribution is 2.19. The van der Waals surface area contributed by atoms with Crippen LogP contribution in [0.25, 0.3) is 17.3 Å². The molecule has 0 aliphatic heterocycles. The van der Waals surface area contributed by atoms with Crippen molar-refractivity contribution in [1.29, 1.82) is 0 Å². The molecule has 3 aromatic heterocycles. The molecule has 0 bridgehead atoms. The van der Waals surface area contributed by atoms with Crippen molar-refractivity contribution in [1.82, 2.24) is 30.0 Å². The van der Waals surface area contributed by atoms with Gasteiger partial charge in [0.25, 0.3) is 11.8 Å². The molecule has 0 aromatic carbocycles. The van der Waals surface area contributed by atoms with Crippen LogP contribution in [0.4, 0.5) is 0 Å². The van der Waals surface area contributed by atoms with E-state index in [9.17, 15) is 4.79 Å². The maximum Gasteiger partial charge on any atom is 0.271 e. The highest BCUT2D eigenvalue weighted by molar-refractivity contribution is 5.92. The summed E-state index contributed by atoms with van der Waals surface area (Å²) in [7, 11) is 1.58. The SMILES string of the molecule is CCCc1noc(-c2ccnc(-n3cnc(C(=O)NCCOC)c3)c2)n1. The fraction of sp³-hybridized carbons (Fsp3) is 0.353. The number of pyridine rings is 1. The Labute approximate surface area is 150 Å². The zero-order valence-electron chi connectivity index (χ0n) is 14.7. The molecular weight excluding hydrogens is 336 g/mol. The summed E-state index contributed by atoms with van der Waals surface area (Å²) < 4.78 is 11.9. The average molecular weight is 356 g/mol. The summed E-state index contributed by atoms with van der Waals surface area (Å²) in [5, 5.41) is 6.68. The molecule has 0 fully saturated rings. The first-order chi connectivity index (χ1) is 12.7. The summed E-state index contributed by atoms with van der Waals surface area (Å²) in [6.07, 6.45) is 6.51. The van der Waals surface area contributed by atoms with Crippen LogP contribution in [0.3, 0.4) is 0 Å².